The van der Waals surface area contributed by atoms with Gasteiger partial charge in [0, 0.05) is 25.2 Å². The summed E-state index contributed by atoms with van der Waals surface area (Å²) in [6.07, 6.45) is 0. The van der Waals surface area contributed by atoms with Gasteiger partial charge in [0.2, 0.25) is 10.0 Å². The molecule has 19 heavy (non-hydrogen) atoms. The third-order valence-electron chi connectivity index (χ3n) is 3.20. The van der Waals surface area contributed by atoms with Crippen molar-refractivity contribution in [1.82, 2.24) is 9.62 Å². The molecule has 106 valence electrons. The van der Waals surface area contributed by atoms with Crippen LogP contribution in [0, 0.1) is 11.6 Å². The van der Waals surface area contributed by atoms with Gasteiger partial charge in [-0.1, -0.05) is 0 Å². The highest BCUT2D eigenvalue weighted by atomic mass is 32.2. The van der Waals surface area contributed by atoms with Gasteiger partial charge in [0.1, 0.15) is 0 Å². The molecule has 0 saturated carbocycles. The molecule has 0 aliphatic carbocycles. The smallest absolute Gasteiger partial charge is 0.243 e. The molecule has 1 aliphatic rings. The third-order valence-corrected chi connectivity index (χ3v) is 5.31. The Morgan fingerprint density at radius 1 is 1.26 bits per heavy atom. The van der Waals surface area contributed by atoms with E-state index in [0.29, 0.717) is 19.6 Å². The molecule has 1 heterocycles. The molecule has 7 heteroatoms. The van der Waals surface area contributed by atoms with Gasteiger partial charge in [-0.25, -0.2) is 17.2 Å². The largest absolute Gasteiger partial charge is 0.314 e. The topological polar surface area (TPSA) is 49.4 Å². The van der Waals surface area contributed by atoms with Crippen LogP contribution in [0.4, 0.5) is 8.78 Å². The maximum atomic E-state index is 13.2. The Balaban J connectivity index is 2.44. The van der Waals surface area contributed by atoms with Crippen LogP contribution in [0.5, 0.6) is 0 Å². The molecule has 1 aromatic carbocycles. The Bertz CT molecular complexity index is 587. The van der Waals surface area contributed by atoms with Gasteiger partial charge in [-0.15, -0.1) is 0 Å². The van der Waals surface area contributed by atoms with Crippen molar-refractivity contribution in [2.24, 2.45) is 0 Å². The van der Waals surface area contributed by atoms with Crippen molar-refractivity contribution in [1.29, 1.82) is 0 Å². The summed E-state index contributed by atoms with van der Waals surface area (Å²) in [5.41, 5.74) is -0.609. The molecule has 4 nitrogen and oxygen atoms in total. The van der Waals surface area contributed by atoms with Gasteiger partial charge in [-0.3, -0.25) is 0 Å². The highest BCUT2D eigenvalue weighted by Gasteiger charge is 2.39. The highest BCUT2D eigenvalue weighted by Crippen LogP contribution is 2.26. The van der Waals surface area contributed by atoms with Crippen molar-refractivity contribution < 1.29 is 17.2 Å². The summed E-state index contributed by atoms with van der Waals surface area (Å²) in [5, 5.41) is 3.11. The molecule has 1 aliphatic heterocycles. The normalized spacial score (nSPS) is 20.4. The molecule has 1 N–H and O–H groups in total. The maximum absolute atomic E-state index is 13.2. The second-order valence-corrected chi connectivity index (χ2v) is 7.00. The number of nitrogens with one attached hydrogen (secondary N) is 1. The zero-order chi connectivity index (χ0) is 14.3. The van der Waals surface area contributed by atoms with Gasteiger partial charge >= 0.3 is 0 Å². The van der Waals surface area contributed by atoms with Crippen LogP contribution in [0.1, 0.15) is 13.8 Å². The van der Waals surface area contributed by atoms with Crippen LogP contribution < -0.4 is 5.32 Å². The first-order chi connectivity index (χ1) is 8.75. The van der Waals surface area contributed by atoms with Crippen molar-refractivity contribution in [2.75, 3.05) is 19.6 Å². The predicted octanol–water partition coefficient (Wildman–Crippen LogP) is 1.34. The first kappa shape index (κ1) is 14.4. The summed E-state index contributed by atoms with van der Waals surface area (Å²) < 4.78 is 52.4. The van der Waals surface area contributed by atoms with E-state index in [0.717, 1.165) is 18.2 Å². The molecule has 0 radical (unpaired) electrons. The van der Waals surface area contributed by atoms with Crippen LogP contribution in [-0.2, 0) is 10.0 Å². The number of benzene rings is 1. The Labute approximate surface area is 111 Å². The summed E-state index contributed by atoms with van der Waals surface area (Å²) in [6, 6.07) is 2.64. The zero-order valence-corrected chi connectivity index (χ0v) is 11.6. The molecule has 1 fully saturated rings. The lowest BCUT2D eigenvalue weighted by atomic mass is 10.0. The van der Waals surface area contributed by atoms with Gasteiger partial charge in [-0.05, 0) is 32.0 Å². The van der Waals surface area contributed by atoms with Gasteiger partial charge in [0.05, 0.1) is 4.90 Å². The SMILES string of the molecule is CC1(C)CNCCN1S(=O)(=O)c1ccc(F)c(F)c1. The molecule has 0 spiro atoms. The molecule has 0 aromatic heterocycles. The van der Waals surface area contributed by atoms with E-state index in [2.05, 4.69) is 5.32 Å². The van der Waals surface area contributed by atoms with Crippen LogP contribution in [0.15, 0.2) is 23.1 Å². The fraction of sp³-hybridized carbons (Fsp3) is 0.500. The molecule has 2 rings (SSSR count). The maximum Gasteiger partial charge on any atom is 0.243 e. The molecule has 0 bridgehead atoms. The number of nitrogens with zero attached hydrogens (tertiary/aromatic N) is 1. The number of hydrogen-bond donors (Lipinski definition) is 1. The van der Waals surface area contributed by atoms with E-state index < -0.39 is 27.2 Å². The minimum absolute atomic E-state index is 0.221. The first-order valence-corrected chi connectivity index (χ1v) is 7.38. The molecular formula is C12H16F2N2O2S. The monoisotopic (exact) mass is 290 g/mol. The summed E-state index contributed by atoms with van der Waals surface area (Å²) in [7, 11) is -3.82. The minimum Gasteiger partial charge on any atom is -0.314 e. The molecule has 0 atom stereocenters. The van der Waals surface area contributed by atoms with E-state index in [-0.39, 0.29) is 4.90 Å². The van der Waals surface area contributed by atoms with Crippen LogP contribution in [0.2, 0.25) is 0 Å². The van der Waals surface area contributed by atoms with Crippen LogP contribution >= 0.6 is 0 Å². The van der Waals surface area contributed by atoms with E-state index in [1.165, 1.54) is 4.31 Å². The minimum atomic E-state index is -3.82. The lowest BCUT2D eigenvalue weighted by Crippen LogP contribution is -2.59. The Hall–Kier alpha value is -1.05. The standard InChI is InChI=1S/C12H16F2N2O2S/c1-12(2)8-15-5-6-16(12)19(17,18)9-3-4-10(13)11(14)7-9/h3-4,7,15H,5-6,8H2,1-2H3. The molecular weight excluding hydrogens is 274 g/mol. The van der Waals surface area contributed by atoms with Gasteiger partial charge in [0.15, 0.2) is 11.6 Å². The van der Waals surface area contributed by atoms with E-state index >= 15 is 0 Å². The number of halogens is 2. The van der Waals surface area contributed by atoms with Crippen molar-refractivity contribution in [3.63, 3.8) is 0 Å². The van der Waals surface area contributed by atoms with Crippen molar-refractivity contribution in [3.05, 3.63) is 29.8 Å². The lowest BCUT2D eigenvalue weighted by Gasteiger charge is -2.41. The number of sulfonamides is 1. The van der Waals surface area contributed by atoms with Crippen molar-refractivity contribution in [3.8, 4) is 0 Å². The van der Waals surface area contributed by atoms with E-state index in [1.807, 2.05) is 0 Å². The highest BCUT2D eigenvalue weighted by molar-refractivity contribution is 7.89. The summed E-state index contributed by atoms with van der Waals surface area (Å²) in [4.78, 5) is -0.221. The van der Waals surface area contributed by atoms with E-state index in [1.54, 1.807) is 13.8 Å². The second kappa shape index (κ2) is 4.81. The van der Waals surface area contributed by atoms with Crippen LogP contribution in [0.25, 0.3) is 0 Å². The van der Waals surface area contributed by atoms with Crippen LogP contribution in [-0.4, -0.2) is 37.9 Å². The molecule has 0 unspecified atom stereocenters. The van der Waals surface area contributed by atoms with Crippen molar-refractivity contribution >= 4 is 10.0 Å². The molecule has 1 saturated heterocycles. The Morgan fingerprint density at radius 3 is 2.53 bits per heavy atom. The van der Waals surface area contributed by atoms with E-state index in [4.69, 9.17) is 0 Å². The second-order valence-electron chi connectivity index (χ2n) is 5.14. The Kier molecular flexibility index (Phi) is 3.63. The molecule has 1 aromatic rings. The van der Waals surface area contributed by atoms with Gasteiger partial charge in [0.25, 0.3) is 0 Å². The third kappa shape index (κ3) is 2.63. The summed E-state index contributed by atoms with van der Waals surface area (Å²) >= 11 is 0. The Morgan fingerprint density at radius 2 is 1.95 bits per heavy atom. The quantitative estimate of drug-likeness (QED) is 0.894. The van der Waals surface area contributed by atoms with Gasteiger partial charge in [-0.2, -0.15) is 4.31 Å². The number of hydrogen-bond acceptors (Lipinski definition) is 3. The van der Waals surface area contributed by atoms with E-state index in [9.17, 15) is 17.2 Å². The molecule has 0 amide bonds. The predicted molar refractivity (Wildman–Crippen MR) is 67.2 cm³/mol. The fourth-order valence-corrected chi connectivity index (χ4v) is 3.97. The number of rotatable bonds is 2. The average Bonchev–Trinajstić information content (AvgIpc) is 2.31. The van der Waals surface area contributed by atoms with Crippen LogP contribution in [0.3, 0.4) is 0 Å². The fourth-order valence-electron chi connectivity index (χ4n) is 2.18. The first-order valence-electron chi connectivity index (χ1n) is 5.94. The van der Waals surface area contributed by atoms with Gasteiger partial charge < -0.3 is 5.32 Å². The summed E-state index contributed by atoms with van der Waals surface area (Å²) in [6.45, 7) is 4.92. The number of piperazine rings is 1. The van der Waals surface area contributed by atoms with Crippen molar-refractivity contribution in [2.45, 2.75) is 24.3 Å². The zero-order valence-electron chi connectivity index (χ0n) is 10.8. The average molecular weight is 290 g/mol. The lowest BCUT2D eigenvalue weighted by molar-refractivity contribution is 0.186. The summed E-state index contributed by atoms with van der Waals surface area (Å²) in [5.74, 6) is -2.22.